The van der Waals surface area contributed by atoms with Crippen molar-refractivity contribution in [2.75, 3.05) is 19.7 Å². The molecule has 3 nitrogen and oxygen atoms in total. The Morgan fingerprint density at radius 1 is 1.37 bits per heavy atom. The van der Waals surface area contributed by atoms with Crippen LogP contribution in [0, 0.1) is 5.92 Å². The van der Waals surface area contributed by atoms with Gasteiger partial charge in [0.2, 0.25) is 0 Å². The summed E-state index contributed by atoms with van der Waals surface area (Å²) in [7, 11) is 0. The molecule has 1 N–H and O–H groups in total. The molecule has 1 fully saturated rings. The zero-order valence-corrected chi connectivity index (χ0v) is 11.7. The van der Waals surface area contributed by atoms with Gasteiger partial charge < -0.3 is 10.1 Å². The third-order valence-electron chi connectivity index (χ3n) is 3.67. The molecule has 0 spiro atoms. The third kappa shape index (κ3) is 4.35. The van der Waals surface area contributed by atoms with E-state index in [-0.39, 0.29) is 5.78 Å². The lowest BCUT2D eigenvalue weighted by atomic mass is 9.92. The maximum atomic E-state index is 12.1. The van der Waals surface area contributed by atoms with Gasteiger partial charge in [-0.3, -0.25) is 4.79 Å². The number of carbonyl (C=O) groups is 1. The first-order valence-electron chi connectivity index (χ1n) is 7.26. The second kappa shape index (κ2) is 7.29. The van der Waals surface area contributed by atoms with Gasteiger partial charge in [0.1, 0.15) is 5.75 Å². The Morgan fingerprint density at radius 3 is 2.79 bits per heavy atom. The van der Waals surface area contributed by atoms with E-state index >= 15 is 0 Å². The minimum absolute atomic E-state index is 0.244. The van der Waals surface area contributed by atoms with Crippen LogP contribution in [0.25, 0.3) is 0 Å². The van der Waals surface area contributed by atoms with Gasteiger partial charge in [-0.15, -0.1) is 0 Å². The molecule has 2 rings (SSSR count). The fourth-order valence-corrected chi connectivity index (χ4v) is 2.55. The summed E-state index contributed by atoms with van der Waals surface area (Å²) in [5.74, 6) is 1.74. The topological polar surface area (TPSA) is 38.3 Å². The van der Waals surface area contributed by atoms with Crippen LogP contribution in [0.3, 0.4) is 0 Å². The van der Waals surface area contributed by atoms with Crippen molar-refractivity contribution in [2.45, 2.75) is 32.6 Å². The van der Waals surface area contributed by atoms with Gasteiger partial charge in [-0.1, -0.05) is 0 Å². The summed E-state index contributed by atoms with van der Waals surface area (Å²) in [6.45, 7) is 4.80. The van der Waals surface area contributed by atoms with Crippen molar-refractivity contribution < 1.29 is 9.53 Å². The number of rotatable bonds is 6. The molecule has 3 heteroatoms. The normalized spacial score (nSPS) is 19.1. The van der Waals surface area contributed by atoms with Crippen LogP contribution in [0.4, 0.5) is 0 Å². The summed E-state index contributed by atoms with van der Waals surface area (Å²) < 4.78 is 5.38. The van der Waals surface area contributed by atoms with Gasteiger partial charge in [0, 0.05) is 12.0 Å². The molecule has 1 unspecified atom stereocenters. The highest BCUT2D eigenvalue weighted by Gasteiger charge is 2.15. The van der Waals surface area contributed by atoms with Crippen molar-refractivity contribution in [3.8, 4) is 5.75 Å². The van der Waals surface area contributed by atoms with Crippen molar-refractivity contribution in [1.29, 1.82) is 0 Å². The van der Waals surface area contributed by atoms with E-state index in [4.69, 9.17) is 4.74 Å². The Labute approximate surface area is 115 Å². The fourth-order valence-electron chi connectivity index (χ4n) is 2.55. The molecule has 1 aromatic rings. The van der Waals surface area contributed by atoms with Crippen molar-refractivity contribution in [2.24, 2.45) is 5.92 Å². The number of carbonyl (C=O) groups excluding carboxylic acids is 1. The van der Waals surface area contributed by atoms with E-state index in [1.54, 1.807) is 0 Å². The van der Waals surface area contributed by atoms with Crippen molar-refractivity contribution >= 4 is 5.78 Å². The quantitative estimate of drug-likeness (QED) is 0.800. The molecular weight excluding hydrogens is 238 g/mol. The Kier molecular flexibility index (Phi) is 5.40. The SMILES string of the molecule is CCOc1ccc(C(=O)CCC2CCCNC2)cc1. The zero-order chi connectivity index (χ0) is 13.5. The van der Waals surface area contributed by atoms with Crippen molar-refractivity contribution in [3.63, 3.8) is 0 Å². The van der Waals surface area contributed by atoms with Gasteiger partial charge in [-0.2, -0.15) is 0 Å². The Bertz CT molecular complexity index is 394. The van der Waals surface area contributed by atoms with Gasteiger partial charge in [0.25, 0.3) is 0 Å². The molecule has 1 aliphatic heterocycles. The minimum Gasteiger partial charge on any atom is -0.494 e. The second-order valence-electron chi connectivity index (χ2n) is 5.13. The molecule has 0 aromatic heterocycles. The number of ketones is 1. The monoisotopic (exact) mass is 261 g/mol. The minimum atomic E-state index is 0.244. The average molecular weight is 261 g/mol. The van der Waals surface area contributed by atoms with Crippen LogP contribution in [0.5, 0.6) is 5.75 Å². The molecule has 1 aromatic carbocycles. The average Bonchev–Trinajstić information content (AvgIpc) is 2.47. The molecule has 1 aliphatic rings. The lowest BCUT2D eigenvalue weighted by Gasteiger charge is -2.22. The zero-order valence-electron chi connectivity index (χ0n) is 11.7. The van der Waals surface area contributed by atoms with Gasteiger partial charge >= 0.3 is 0 Å². The van der Waals surface area contributed by atoms with Gasteiger partial charge in [-0.05, 0) is 69.5 Å². The first kappa shape index (κ1) is 14.1. The maximum Gasteiger partial charge on any atom is 0.162 e. The molecule has 0 radical (unpaired) electrons. The molecule has 0 aliphatic carbocycles. The van der Waals surface area contributed by atoms with Gasteiger partial charge in [0.05, 0.1) is 6.61 Å². The molecule has 1 atom stereocenters. The van der Waals surface area contributed by atoms with Crippen LogP contribution >= 0.6 is 0 Å². The number of Topliss-reactive ketones (excluding diaryl/α,β-unsaturated/α-hetero) is 1. The van der Waals surface area contributed by atoms with Crippen LogP contribution in [0.2, 0.25) is 0 Å². The van der Waals surface area contributed by atoms with E-state index in [1.165, 1.54) is 12.8 Å². The molecule has 1 heterocycles. The molecule has 19 heavy (non-hydrogen) atoms. The Morgan fingerprint density at radius 2 is 2.16 bits per heavy atom. The third-order valence-corrected chi connectivity index (χ3v) is 3.67. The summed E-state index contributed by atoms with van der Waals surface area (Å²) in [6, 6.07) is 7.48. The van der Waals surface area contributed by atoms with Gasteiger partial charge in [-0.25, -0.2) is 0 Å². The number of ether oxygens (including phenoxy) is 1. The summed E-state index contributed by atoms with van der Waals surface area (Å²) in [5, 5.41) is 3.39. The van der Waals surface area contributed by atoms with Crippen molar-refractivity contribution in [3.05, 3.63) is 29.8 Å². The molecule has 0 amide bonds. The van der Waals surface area contributed by atoms with E-state index in [0.29, 0.717) is 18.9 Å². The number of piperidine rings is 1. The predicted molar refractivity (Wildman–Crippen MR) is 76.8 cm³/mol. The molecule has 1 saturated heterocycles. The van der Waals surface area contributed by atoms with E-state index in [9.17, 15) is 4.79 Å². The fraction of sp³-hybridized carbons (Fsp3) is 0.562. The lowest BCUT2D eigenvalue weighted by molar-refractivity contribution is 0.0971. The molecule has 0 bridgehead atoms. The summed E-state index contributed by atoms with van der Waals surface area (Å²) >= 11 is 0. The Balaban J connectivity index is 1.81. The first-order valence-corrected chi connectivity index (χ1v) is 7.26. The van der Waals surface area contributed by atoms with E-state index < -0.39 is 0 Å². The molecule has 104 valence electrons. The number of nitrogens with one attached hydrogen (secondary N) is 1. The smallest absolute Gasteiger partial charge is 0.162 e. The summed E-state index contributed by atoms with van der Waals surface area (Å²) in [5.41, 5.74) is 0.798. The van der Waals surface area contributed by atoms with Crippen LogP contribution in [-0.2, 0) is 0 Å². The summed E-state index contributed by atoms with van der Waals surface area (Å²) in [4.78, 5) is 12.1. The maximum absolute atomic E-state index is 12.1. The number of hydrogen-bond donors (Lipinski definition) is 1. The Hall–Kier alpha value is -1.35. The van der Waals surface area contributed by atoms with Gasteiger partial charge in [0.15, 0.2) is 5.78 Å². The first-order chi connectivity index (χ1) is 9.29. The highest BCUT2D eigenvalue weighted by atomic mass is 16.5. The van der Waals surface area contributed by atoms with Crippen LogP contribution in [0.1, 0.15) is 43.0 Å². The number of benzene rings is 1. The lowest BCUT2D eigenvalue weighted by Crippen LogP contribution is -2.30. The summed E-state index contributed by atoms with van der Waals surface area (Å²) in [6.07, 6.45) is 4.14. The van der Waals surface area contributed by atoms with Crippen LogP contribution in [-0.4, -0.2) is 25.5 Å². The van der Waals surface area contributed by atoms with Crippen molar-refractivity contribution in [1.82, 2.24) is 5.32 Å². The molecular formula is C16H23NO2. The standard InChI is InChI=1S/C16H23NO2/c1-2-19-15-8-6-14(7-9-15)16(18)10-5-13-4-3-11-17-12-13/h6-9,13,17H,2-5,10-12H2,1H3. The predicted octanol–water partition coefficient (Wildman–Crippen LogP) is 3.05. The van der Waals surface area contributed by atoms with Crippen LogP contribution < -0.4 is 10.1 Å². The highest BCUT2D eigenvalue weighted by molar-refractivity contribution is 5.96. The number of hydrogen-bond acceptors (Lipinski definition) is 3. The van der Waals surface area contributed by atoms with E-state index in [1.807, 2.05) is 31.2 Å². The second-order valence-corrected chi connectivity index (χ2v) is 5.13. The molecule has 0 saturated carbocycles. The van der Waals surface area contributed by atoms with E-state index in [2.05, 4.69) is 5.32 Å². The van der Waals surface area contributed by atoms with Crippen LogP contribution in [0.15, 0.2) is 24.3 Å². The largest absolute Gasteiger partial charge is 0.494 e. The highest BCUT2D eigenvalue weighted by Crippen LogP contribution is 2.19. The van der Waals surface area contributed by atoms with E-state index in [0.717, 1.165) is 30.8 Å².